The van der Waals surface area contributed by atoms with Crippen molar-refractivity contribution < 1.29 is 9.53 Å². The molecule has 1 heterocycles. The van der Waals surface area contributed by atoms with Gasteiger partial charge in [0.05, 0.1) is 17.4 Å². The molecule has 21 heavy (non-hydrogen) atoms. The van der Waals surface area contributed by atoms with Gasteiger partial charge in [-0.05, 0) is 24.6 Å². The number of benzene rings is 1. The Bertz CT molecular complexity index is 710. The maximum Gasteiger partial charge on any atom is 0.239 e. The van der Waals surface area contributed by atoms with E-state index in [0.717, 1.165) is 5.56 Å². The number of rotatable bonds is 4. The number of carbonyl (C=O) groups excluding carboxylic acids is 1. The van der Waals surface area contributed by atoms with Crippen molar-refractivity contribution in [1.82, 2.24) is 4.98 Å². The summed E-state index contributed by atoms with van der Waals surface area (Å²) in [5, 5.41) is 11.6. The fourth-order valence-corrected chi connectivity index (χ4v) is 1.73. The third-order valence-electron chi connectivity index (χ3n) is 2.70. The molecule has 0 bridgehead atoms. The lowest BCUT2D eigenvalue weighted by Gasteiger charge is -2.10. The third kappa shape index (κ3) is 3.71. The third-order valence-corrected chi connectivity index (χ3v) is 2.95. The number of ether oxygens (including phenoxy) is 1. The number of para-hydroxylation sites is 1. The zero-order valence-electron chi connectivity index (χ0n) is 11.3. The van der Waals surface area contributed by atoms with Gasteiger partial charge < -0.3 is 10.1 Å². The molecule has 0 fully saturated rings. The first-order valence-corrected chi connectivity index (χ1v) is 6.67. The van der Waals surface area contributed by atoms with Crippen molar-refractivity contribution in [3.8, 4) is 17.7 Å². The van der Waals surface area contributed by atoms with Crippen LogP contribution in [0, 0.1) is 18.3 Å². The highest BCUT2D eigenvalue weighted by molar-refractivity contribution is 6.29. The standard InChI is InChI=1S/C15H12ClN3O2/c1-10-6-15(18-9-12(10)19-14(20)7-16)21-13-5-3-2-4-11(13)8-17/h2-6,9H,7H2,1H3,(H,19,20). The van der Waals surface area contributed by atoms with Crippen LogP contribution in [0.4, 0.5) is 5.69 Å². The molecule has 1 aromatic heterocycles. The number of hydrogen-bond donors (Lipinski definition) is 1. The SMILES string of the molecule is Cc1cc(Oc2ccccc2C#N)ncc1NC(=O)CCl. The van der Waals surface area contributed by atoms with Gasteiger partial charge in [-0.15, -0.1) is 11.6 Å². The molecule has 5 nitrogen and oxygen atoms in total. The summed E-state index contributed by atoms with van der Waals surface area (Å²) in [5.41, 5.74) is 1.78. The summed E-state index contributed by atoms with van der Waals surface area (Å²) in [6.45, 7) is 1.81. The first-order valence-electron chi connectivity index (χ1n) is 6.13. The Balaban J connectivity index is 2.21. The number of halogens is 1. The van der Waals surface area contributed by atoms with Crippen molar-refractivity contribution >= 4 is 23.2 Å². The maximum atomic E-state index is 11.3. The molecule has 1 N–H and O–H groups in total. The molecule has 106 valence electrons. The number of amides is 1. The van der Waals surface area contributed by atoms with E-state index in [4.69, 9.17) is 21.6 Å². The zero-order valence-corrected chi connectivity index (χ0v) is 12.0. The summed E-state index contributed by atoms with van der Waals surface area (Å²) in [6.07, 6.45) is 1.49. The molecule has 0 aliphatic heterocycles. The Morgan fingerprint density at radius 3 is 2.90 bits per heavy atom. The number of aryl methyl sites for hydroxylation is 1. The number of carbonyl (C=O) groups is 1. The second-order valence-electron chi connectivity index (χ2n) is 4.23. The minimum atomic E-state index is -0.301. The molecular formula is C15H12ClN3O2. The van der Waals surface area contributed by atoms with Crippen LogP contribution in [0.3, 0.4) is 0 Å². The summed E-state index contributed by atoms with van der Waals surface area (Å²) in [6, 6.07) is 10.6. The first kappa shape index (κ1) is 14.8. The molecule has 0 aliphatic rings. The molecule has 0 unspecified atom stereocenters. The molecule has 0 atom stereocenters. The zero-order chi connectivity index (χ0) is 15.2. The number of nitrogens with zero attached hydrogens (tertiary/aromatic N) is 2. The topological polar surface area (TPSA) is 75.0 Å². The monoisotopic (exact) mass is 301 g/mol. The molecule has 2 aromatic rings. The lowest BCUT2D eigenvalue weighted by Crippen LogP contribution is -2.13. The van der Waals surface area contributed by atoms with E-state index in [1.807, 2.05) is 6.92 Å². The Labute approximate surface area is 127 Å². The van der Waals surface area contributed by atoms with Crippen LogP contribution in [-0.4, -0.2) is 16.8 Å². The average Bonchev–Trinajstić information content (AvgIpc) is 2.50. The highest BCUT2D eigenvalue weighted by Gasteiger charge is 2.08. The normalized spacial score (nSPS) is 9.76. The number of nitrogens with one attached hydrogen (secondary N) is 1. The smallest absolute Gasteiger partial charge is 0.239 e. The Morgan fingerprint density at radius 1 is 1.48 bits per heavy atom. The molecule has 0 spiro atoms. The quantitative estimate of drug-likeness (QED) is 0.880. The van der Waals surface area contributed by atoms with Crippen molar-refractivity contribution in [2.24, 2.45) is 0 Å². The average molecular weight is 302 g/mol. The van der Waals surface area contributed by atoms with Gasteiger partial charge in [0.2, 0.25) is 11.8 Å². The van der Waals surface area contributed by atoms with E-state index in [2.05, 4.69) is 16.4 Å². The van der Waals surface area contributed by atoms with E-state index in [-0.39, 0.29) is 11.8 Å². The fraction of sp³-hybridized carbons (Fsp3) is 0.133. The van der Waals surface area contributed by atoms with Crippen LogP contribution in [0.15, 0.2) is 36.5 Å². The Morgan fingerprint density at radius 2 is 2.24 bits per heavy atom. The van der Waals surface area contributed by atoms with E-state index in [0.29, 0.717) is 22.9 Å². The van der Waals surface area contributed by atoms with Crippen LogP contribution in [0.5, 0.6) is 11.6 Å². The summed E-state index contributed by atoms with van der Waals surface area (Å²) < 4.78 is 5.60. The largest absolute Gasteiger partial charge is 0.438 e. The summed E-state index contributed by atoms with van der Waals surface area (Å²) in [5.74, 6) is 0.362. The van der Waals surface area contributed by atoms with Crippen LogP contribution in [0.25, 0.3) is 0 Å². The number of anilines is 1. The van der Waals surface area contributed by atoms with Gasteiger partial charge in [0, 0.05) is 6.07 Å². The number of alkyl halides is 1. The van der Waals surface area contributed by atoms with Gasteiger partial charge in [-0.1, -0.05) is 12.1 Å². The maximum absolute atomic E-state index is 11.3. The molecular weight excluding hydrogens is 290 g/mol. The molecule has 2 rings (SSSR count). The van der Waals surface area contributed by atoms with Crippen molar-refractivity contribution in [1.29, 1.82) is 5.26 Å². The minimum absolute atomic E-state index is 0.118. The molecule has 0 aliphatic carbocycles. The van der Waals surface area contributed by atoms with E-state index < -0.39 is 0 Å². The van der Waals surface area contributed by atoms with Crippen LogP contribution in [0.1, 0.15) is 11.1 Å². The lowest BCUT2D eigenvalue weighted by molar-refractivity contribution is -0.113. The van der Waals surface area contributed by atoms with E-state index in [1.165, 1.54) is 6.20 Å². The van der Waals surface area contributed by atoms with Crippen molar-refractivity contribution in [2.45, 2.75) is 6.92 Å². The number of nitriles is 1. The van der Waals surface area contributed by atoms with Gasteiger partial charge in [0.1, 0.15) is 17.7 Å². The van der Waals surface area contributed by atoms with Gasteiger partial charge in [-0.2, -0.15) is 5.26 Å². The molecule has 1 amide bonds. The Hall–Kier alpha value is -2.58. The van der Waals surface area contributed by atoms with Crippen LogP contribution >= 0.6 is 11.6 Å². The summed E-state index contributed by atoms with van der Waals surface area (Å²) in [4.78, 5) is 15.4. The van der Waals surface area contributed by atoms with E-state index in [9.17, 15) is 4.79 Å². The van der Waals surface area contributed by atoms with E-state index >= 15 is 0 Å². The van der Waals surface area contributed by atoms with Crippen LogP contribution in [-0.2, 0) is 4.79 Å². The first-order chi connectivity index (χ1) is 10.1. The fourth-order valence-electron chi connectivity index (χ4n) is 1.66. The van der Waals surface area contributed by atoms with Crippen molar-refractivity contribution in [3.63, 3.8) is 0 Å². The number of hydrogen-bond acceptors (Lipinski definition) is 4. The molecule has 0 radical (unpaired) electrons. The molecule has 0 saturated heterocycles. The van der Waals surface area contributed by atoms with Gasteiger partial charge in [0.25, 0.3) is 0 Å². The predicted molar refractivity (Wildman–Crippen MR) is 79.6 cm³/mol. The van der Waals surface area contributed by atoms with E-state index in [1.54, 1.807) is 30.3 Å². The predicted octanol–water partition coefficient (Wildman–Crippen LogP) is 3.23. The van der Waals surface area contributed by atoms with Gasteiger partial charge in [0.15, 0.2) is 0 Å². The molecule has 0 saturated carbocycles. The van der Waals surface area contributed by atoms with Crippen LogP contribution < -0.4 is 10.1 Å². The summed E-state index contributed by atoms with van der Waals surface area (Å²) in [7, 11) is 0. The van der Waals surface area contributed by atoms with Gasteiger partial charge in [-0.25, -0.2) is 4.98 Å². The summed E-state index contributed by atoms with van der Waals surface area (Å²) >= 11 is 5.44. The highest BCUT2D eigenvalue weighted by Crippen LogP contribution is 2.25. The minimum Gasteiger partial charge on any atom is -0.438 e. The molecule has 6 heteroatoms. The Kier molecular flexibility index (Phi) is 4.75. The molecule has 1 aromatic carbocycles. The second-order valence-corrected chi connectivity index (χ2v) is 4.50. The highest BCUT2D eigenvalue weighted by atomic mass is 35.5. The van der Waals surface area contributed by atoms with Crippen molar-refractivity contribution in [3.05, 3.63) is 47.7 Å². The van der Waals surface area contributed by atoms with Crippen LogP contribution in [0.2, 0.25) is 0 Å². The van der Waals surface area contributed by atoms with Gasteiger partial charge >= 0.3 is 0 Å². The van der Waals surface area contributed by atoms with Crippen molar-refractivity contribution in [2.75, 3.05) is 11.2 Å². The van der Waals surface area contributed by atoms with Gasteiger partial charge in [-0.3, -0.25) is 4.79 Å². The number of pyridine rings is 1. The lowest BCUT2D eigenvalue weighted by atomic mass is 10.2. The number of aromatic nitrogens is 1. The second kappa shape index (κ2) is 6.73.